The SMILES string of the molecule is CCOC(=O)N1CCN(C(=O)c2c(C)ccn(CCc3ccccc3)c2=O)CC1. The lowest BCUT2D eigenvalue weighted by atomic mass is 10.1. The summed E-state index contributed by atoms with van der Waals surface area (Å²) in [5.41, 5.74) is 1.76. The zero-order valence-electron chi connectivity index (χ0n) is 17.0. The van der Waals surface area contributed by atoms with Crippen molar-refractivity contribution in [2.24, 2.45) is 0 Å². The van der Waals surface area contributed by atoms with Crippen molar-refractivity contribution >= 4 is 12.0 Å². The zero-order valence-corrected chi connectivity index (χ0v) is 17.0. The molecule has 2 aromatic rings. The number of carbonyl (C=O) groups is 2. The first-order valence-corrected chi connectivity index (χ1v) is 9.96. The van der Waals surface area contributed by atoms with Crippen LogP contribution in [0.2, 0.25) is 0 Å². The monoisotopic (exact) mass is 397 g/mol. The van der Waals surface area contributed by atoms with Gasteiger partial charge in [-0.15, -0.1) is 0 Å². The highest BCUT2D eigenvalue weighted by Crippen LogP contribution is 2.11. The average molecular weight is 397 g/mol. The van der Waals surface area contributed by atoms with Crippen LogP contribution in [0, 0.1) is 6.92 Å². The van der Waals surface area contributed by atoms with Gasteiger partial charge in [0.05, 0.1) is 6.61 Å². The molecule has 3 rings (SSSR count). The first kappa shape index (κ1) is 20.6. The molecular formula is C22H27N3O4. The molecule has 0 unspecified atom stereocenters. The van der Waals surface area contributed by atoms with E-state index in [-0.39, 0.29) is 23.1 Å². The number of nitrogens with zero attached hydrogens (tertiary/aromatic N) is 3. The van der Waals surface area contributed by atoms with Crippen LogP contribution < -0.4 is 5.56 Å². The molecule has 1 aromatic carbocycles. The van der Waals surface area contributed by atoms with Crippen molar-refractivity contribution in [3.63, 3.8) is 0 Å². The molecule has 1 aliphatic heterocycles. The van der Waals surface area contributed by atoms with Crippen molar-refractivity contribution in [2.75, 3.05) is 32.8 Å². The van der Waals surface area contributed by atoms with Crippen molar-refractivity contribution in [3.05, 3.63) is 69.6 Å². The molecule has 7 heteroatoms. The van der Waals surface area contributed by atoms with Crippen LogP contribution in [-0.4, -0.2) is 59.2 Å². The van der Waals surface area contributed by atoms with Crippen molar-refractivity contribution in [2.45, 2.75) is 26.8 Å². The van der Waals surface area contributed by atoms with Crippen molar-refractivity contribution < 1.29 is 14.3 Å². The third-order valence-electron chi connectivity index (χ3n) is 5.16. The molecule has 1 saturated heterocycles. The second-order valence-corrected chi connectivity index (χ2v) is 7.09. The van der Waals surface area contributed by atoms with Gasteiger partial charge in [0.15, 0.2) is 0 Å². The van der Waals surface area contributed by atoms with E-state index in [4.69, 9.17) is 4.74 Å². The fraction of sp³-hybridized carbons (Fsp3) is 0.409. The first-order valence-electron chi connectivity index (χ1n) is 9.96. The van der Waals surface area contributed by atoms with Crippen molar-refractivity contribution in [1.82, 2.24) is 14.4 Å². The van der Waals surface area contributed by atoms with Gasteiger partial charge in [-0.05, 0) is 37.5 Å². The number of amides is 2. The number of carbonyl (C=O) groups excluding carboxylic acids is 2. The number of aromatic nitrogens is 1. The molecule has 0 atom stereocenters. The molecule has 7 nitrogen and oxygen atoms in total. The van der Waals surface area contributed by atoms with Crippen LogP contribution in [0.25, 0.3) is 0 Å². The standard InChI is InChI=1S/C22H27N3O4/c1-3-29-22(28)25-15-13-24(14-16-25)21(27)19-17(2)9-11-23(20(19)26)12-10-18-7-5-4-6-8-18/h4-9,11H,3,10,12-16H2,1-2H3. The number of aryl methyl sites for hydroxylation is 3. The molecule has 0 radical (unpaired) electrons. The van der Waals surface area contributed by atoms with Gasteiger partial charge in [-0.1, -0.05) is 30.3 Å². The number of rotatable bonds is 5. The third-order valence-corrected chi connectivity index (χ3v) is 5.16. The van der Waals surface area contributed by atoms with Gasteiger partial charge in [-0.25, -0.2) is 4.79 Å². The van der Waals surface area contributed by atoms with E-state index >= 15 is 0 Å². The highest BCUT2D eigenvalue weighted by molar-refractivity contribution is 5.95. The molecule has 1 aromatic heterocycles. The predicted octanol–water partition coefficient (Wildman–Crippen LogP) is 2.31. The maximum absolute atomic E-state index is 13.0. The van der Waals surface area contributed by atoms with Crippen LogP contribution in [0.4, 0.5) is 4.79 Å². The molecule has 0 aliphatic carbocycles. The fourth-order valence-corrected chi connectivity index (χ4v) is 3.46. The van der Waals surface area contributed by atoms with Gasteiger partial charge in [0.25, 0.3) is 11.5 Å². The Bertz CT molecular complexity index is 915. The smallest absolute Gasteiger partial charge is 0.409 e. The van der Waals surface area contributed by atoms with E-state index in [1.165, 1.54) is 0 Å². The molecule has 154 valence electrons. The Morgan fingerprint density at radius 1 is 1.00 bits per heavy atom. The van der Waals surface area contributed by atoms with Gasteiger partial charge in [0.2, 0.25) is 0 Å². The summed E-state index contributed by atoms with van der Waals surface area (Å²) in [5, 5.41) is 0. The molecule has 0 spiro atoms. The minimum Gasteiger partial charge on any atom is -0.450 e. The topological polar surface area (TPSA) is 71.8 Å². The summed E-state index contributed by atoms with van der Waals surface area (Å²) in [7, 11) is 0. The Labute approximate surface area is 170 Å². The Kier molecular flexibility index (Phi) is 6.69. The van der Waals surface area contributed by atoms with Crippen LogP contribution >= 0.6 is 0 Å². The summed E-state index contributed by atoms with van der Waals surface area (Å²) in [6, 6.07) is 11.8. The molecule has 2 heterocycles. The molecule has 1 aliphatic rings. The predicted molar refractivity (Wildman–Crippen MR) is 110 cm³/mol. The van der Waals surface area contributed by atoms with Gasteiger partial charge in [0, 0.05) is 38.9 Å². The van der Waals surface area contributed by atoms with Gasteiger partial charge < -0.3 is 19.1 Å². The largest absolute Gasteiger partial charge is 0.450 e. The van der Waals surface area contributed by atoms with E-state index < -0.39 is 0 Å². The van der Waals surface area contributed by atoms with E-state index in [0.29, 0.717) is 44.9 Å². The Morgan fingerprint density at radius 2 is 1.66 bits per heavy atom. The summed E-state index contributed by atoms with van der Waals surface area (Å²) in [6.07, 6.45) is 2.10. The number of hydrogen-bond donors (Lipinski definition) is 0. The first-order chi connectivity index (χ1) is 14.0. The highest BCUT2D eigenvalue weighted by atomic mass is 16.6. The fourth-order valence-electron chi connectivity index (χ4n) is 3.46. The minimum absolute atomic E-state index is 0.213. The molecule has 1 fully saturated rings. The number of benzene rings is 1. The summed E-state index contributed by atoms with van der Waals surface area (Å²) in [5.74, 6) is -0.273. The molecule has 0 bridgehead atoms. The van der Waals surface area contributed by atoms with Crippen LogP contribution in [0.5, 0.6) is 0 Å². The lowest BCUT2D eigenvalue weighted by Gasteiger charge is -2.34. The molecule has 0 N–H and O–H groups in total. The maximum Gasteiger partial charge on any atom is 0.409 e. The molecule has 0 saturated carbocycles. The van der Waals surface area contributed by atoms with Gasteiger partial charge in [0.1, 0.15) is 5.56 Å². The summed E-state index contributed by atoms with van der Waals surface area (Å²) in [6.45, 7) is 5.95. The van der Waals surface area contributed by atoms with E-state index in [2.05, 4.69) is 0 Å². The van der Waals surface area contributed by atoms with Crippen LogP contribution in [0.1, 0.15) is 28.4 Å². The second kappa shape index (κ2) is 9.41. The van der Waals surface area contributed by atoms with Gasteiger partial charge in [-0.3, -0.25) is 9.59 Å². The lowest BCUT2D eigenvalue weighted by Crippen LogP contribution is -2.51. The van der Waals surface area contributed by atoms with Crippen LogP contribution in [0.3, 0.4) is 0 Å². The molecule has 2 amide bonds. The number of piperazine rings is 1. The average Bonchev–Trinajstić information content (AvgIpc) is 2.74. The molecular weight excluding hydrogens is 370 g/mol. The normalized spacial score (nSPS) is 14.0. The summed E-state index contributed by atoms with van der Waals surface area (Å²) in [4.78, 5) is 41.1. The lowest BCUT2D eigenvalue weighted by molar-refractivity contribution is 0.0568. The van der Waals surface area contributed by atoms with Gasteiger partial charge in [-0.2, -0.15) is 0 Å². The van der Waals surface area contributed by atoms with E-state index in [1.807, 2.05) is 36.4 Å². The van der Waals surface area contributed by atoms with Crippen molar-refractivity contribution in [3.8, 4) is 0 Å². The Hall–Kier alpha value is -3.09. The Morgan fingerprint density at radius 3 is 2.31 bits per heavy atom. The van der Waals surface area contributed by atoms with E-state index in [9.17, 15) is 14.4 Å². The number of hydrogen-bond acceptors (Lipinski definition) is 4. The quantitative estimate of drug-likeness (QED) is 0.776. The minimum atomic E-state index is -0.362. The number of ether oxygens (including phenoxy) is 1. The zero-order chi connectivity index (χ0) is 20.8. The third kappa shape index (κ3) is 4.85. The Balaban J connectivity index is 1.70. The van der Waals surface area contributed by atoms with Gasteiger partial charge >= 0.3 is 6.09 Å². The van der Waals surface area contributed by atoms with E-state index in [0.717, 1.165) is 12.0 Å². The summed E-state index contributed by atoms with van der Waals surface area (Å²) < 4.78 is 6.61. The summed E-state index contributed by atoms with van der Waals surface area (Å²) >= 11 is 0. The van der Waals surface area contributed by atoms with Crippen LogP contribution in [-0.2, 0) is 17.7 Å². The number of pyridine rings is 1. The highest BCUT2D eigenvalue weighted by Gasteiger charge is 2.28. The van der Waals surface area contributed by atoms with Crippen LogP contribution in [0.15, 0.2) is 47.4 Å². The molecule has 29 heavy (non-hydrogen) atoms. The van der Waals surface area contributed by atoms with E-state index in [1.54, 1.807) is 34.4 Å². The van der Waals surface area contributed by atoms with Crippen molar-refractivity contribution in [1.29, 1.82) is 0 Å². The maximum atomic E-state index is 13.0. The second-order valence-electron chi connectivity index (χ2n) is 7.09.